The summed E-state index contributed by atoms with van der Waals surface area (Å²) in [6.45, 7) is 3.91. The molecule has 0 aromatic carbocycles. The Morgan fingerprint density at radius 2 is 1.92 bits per heavy atom. The SMILES string of the molecule is CCS(=O)(=O)N1CCC(Nc2ncc(C(F)(F)F)c(-c3cn(-c4ccc(C)nc4C#N)cn3)n2)CC1. The number of pyridine rings is 1. The fraction of sp³-hybridized carbons (Fsp3) is 0.409. The molecule has 0 radical (unpaired) electrons. The Bertz CT molecular complexity index is 1410. The average molecular weight is 521 g/mol. The summed E-state index contributed by atoms with van der Waals surface area (Å²) in [5.74, 6) is -0.00322. The minimum Gasteiger partial charge on any atom is -0.351 e. The molecule has 0 spiro atoms. The van der Waals surface area contributed by atoms with Crippen LogP contribution in [-0.2, 0) is 16.2 Å². The van der Waals surface area contributed by atoms with E-state index < -0.39 is 27.5 Å². The first-order valence-corrected chi connectivity index (χ1v) is 12.7. The molecule has 0 amide bonds. The summed E-state index contributed by atoms with van der Waals surface area (Å²) in [5, 5.41) is 12.4. The zero-order valence-corrected chi connectivity index (χ0v) is 20.3. The van der Waals surface area contributed by atoms with Gasteiger partial charge in [0.2, 0.25) is 16.0 Å². The summed E-state index contributed by atoms with van der Waals surface area (Å²) in [5.41, 5.74) is -0.415. The summed E-state index contributed by atoms with van der Waals surface area (Å²) in [7, 11) is -3.30. The molecule has 10 nitrogen and oxygen atoms in total. The molecule has 0 aliphatic carbocycles. The third kappa shape index (κ3) is 5.31. The molecule has 1 fully saturated rings. The molecular weight excluding hydrogens is 497 g/mol. The van der Waals surface area contributed by atoms with E-state index in [-0.39, 0.29) is 29.1 Å². The van der Waals surface area contributed by atoms with Gasteiger partial charge in [0, 0.05) is 37.2 Å². The Balaban J connectivity index is 1.62. The molecule has 4 heterocycles. The van der Waals surface area contributed by atoms with Gasteiger partial charge in [-0.05, 0) is 38.8 Å². The number of piperidine rings is 1. The second kappa shape index (κ2) is 9.82. The highest BCUT2D eigenvalue weighted by Gasteiger charge is 2.36. The molecule has 4 rings (SSSR count). The fourth-order valence-corrected chi connectivity index (χ4v) is 5.05. The summed E-state index contributed by atoms with van der Waals surface area (Å²) in [6, 6.07) is 5.09. The summed E-state index contributed by atoms with van der Waals surface area (Å²) in [4.78, 5) is 16.2. The summed E-state index contributed by atoms with van der Waals surface area (Å²) >= 11 is 0. The van der Waals surface area contributed by atoms with Crippen LogP contribution in [0.5, 0.6) is 0 Å². The molecule has 0 bridgehead atoms. The first-order chi connectivity index (χ1) is 17.0. The maximum Gasteiger partial charge on any atom is 0.420 e. The van der Waals surface area contributed by atoms with E-state index in [0.29, 0.717) is 43.5 Å². The van der Waals surface area contributed by atoms with Crippen molar-refractivity contribution < 1.29 is 21.6 Å². The van der Waals surface area contributed by atoms with Crippen LogP contribution < -0.4 is 5.32 Å². The number of aryl methyl sites for hydroxylation is 1. The number of imidazole rings is 1. The lowest BCUT2D eigenvalue weighted by Gasteiger charge is -2.31. The maximum atomic E-state index is 13.8. The molecule has 3 aromatic rings. The van der Waals surface area contributed by atoms with E-state index in [0.717, 1.165) is 0 Å². The number of aromatic nitrogens is 5. The van der Waals surface area contributed by atoms with E-state index in [1.807, 2.05) is 6.07 Å². The highest BCUT2D eigenvalue weighted by atomic mass is 32.2. The lowest BCUT2D eigenvalue weighted by molar-refractivity contribution is -0.137. The highest BCUT2D eigenvalue weighted by Crippen LogP contribution is 2.36. The van der Waals surface area contributed by atoms with Gasteiger partial charge >= 0.3 is 6.18 Å². The number of rotatable bonds is 6. The van der Waals surface area contributed by atoms with Crippen LogP contribution in [0.15, 0.2) is 30.9 Å². The third-order valence-electron chi connectivity index (χ3n) is 5.86. The van der Waals surface area contributed by atoms with Gasteiger partial charge in [-0.15, -0.1) is 0 Å². The van der Waals surface area contributed by atoms with Crippen molar-refractivity contribution in [1.82, 2.24) is 28.8 Å². The monoisotopic (exact) mass is 520 g/mol. The van der Waals surface area contributed by atoms with Crippen molar-refractivity contribution in [3.05, 3.63) is 47.8 Å². The van der Waals surface area contributed by atoms with Crippen LogP contribution in [0, 0.1) is 18.3 Å². The van der Waals surface area contributed by atoms with Gasteiger partial charge in [-0.2, -0.15) is 18.4 Å². The van der Waals surface area contributed by atoms with Gasteiger partial charge in [-0.3, -0.25) is 0 Å². The standard InChI is InChI=1S/C22H23F3N8O2S/c1-3-36(34,35)33-8-6-15(7-9-33)30-21-27-11-16(22(23,24)25)20(31-21)18-12-32(13-28-18)19-5-4-14(2)29-17(19)10-26/h4-5,11-13,15H,3,6-9H2,1-2H3,(H,27,30,31). The number of nitrogens with zero attached hydrogens (tertiary/aromatic N) is 7. The van der Waals surface area contributed by atoms with Gasteiger partial charge in [0.1, 0.15) is 29.3 Å². The molecule has 1 N–H and O–H groups in total. The van der Waals surface area contributed by atoms with Crippen LogP contribution in [0.3, 0.4) is 0 Å². The minimum atomic E-state index is -4.72. The van der Waals surface area contributed by atoms with E-state index >= 15 is 0 Å². The number of sulfonamides is 1. The number of anilines is 1. The van der Waals surface area contributed by atoms with E-state index in [2.05, 4.69) is 25.3 Å². The van der Waals surface area contributed by atoms with Gasteiger partial charge in [0.05, 0.1) is 11.4 Å². The van der Waals surface area contributed by atoms with Crippen LogP contribution >= 0.6 is 0 Å². The quantitative estimate of drug-likeness (QED) is 0.525. The largest absolute Gasteiger partial charge is 0.420 e. The van der Waals surface area contributed by atoms with E-state index in [1.165, 1.54) is 21.4 Å². The third-order valence-corrected chi connectivity index (χ3v) is 7.74. The van der Waals surface area contributed by atoms with Gasteiger partial charge < -0.3 is 9.88 Å². The molecule has 14 heteroatoms. The molecule has 36 heavy (non-hydrogen) atoms. The molecule has 1 aliphatic heterocycles. The number of nitrogens with one attached hydrogen (secondary N) is 1. The zero-order chi connectivity index (χ0) is 26.1. The minimum absolute atomic E-state index is 0.0115. The zero-order valence-electron chi connectivity index (χ0n) is 19.5. The number of halogens is 3. The Hall–Kier alpha value is -3.57. The van der Waals surface area contributed by atoms with Gasteiger partial charge in [0.15, 0.2) is 5.69 Å². The topological polar surface area (TPSA) is 130 Å². The van der Waals surface area contributed by atoms with Crippen molar-refractivity contribution in [1.29, 1.82) is 5.26 Å². The van der Waals surface area contributed by atoms with Gasteiger partial charge in [-0.1, -0.05) is 0 Å². The molecule has 0 unspecified atom stereocenters. The van der Waals surface area contributed by atoms with E-state index in [4.69, 9.17) is 0 Å². The number of hydrogen-bond donors (Lipinski definition) is 1. The fourth-order valence-electron chi connectivity index (χ4n) is 3.91. The summed E-state index contributed by atoms with van der Waals surface area (Å²) in [6.07, 6.45) is -0.449. The molecule has 1 aliphatic rings. The lowest BCUT2D eigenvalue weighted by atomic mass is 10.1. The highest BCUT2D eigenvalue weighted by molar-refractivity contribution is 7.89. The molecule has 3 aromatic heterocycles. The number of nitriles is 1. The van der Waals surface area contributed by atoms with Crippen LogP contribution in [0.25, 0.3) is 17.1 Å². The molecule has 0 atom stereocenters. The van der Waals surface area contributed by atoms with Crippen molar-refractivity contribution in [3.63, 3.8) is 0 Å². The Morgan fingerprint density at radius 3 is 2.56 bits per heavy atom. The Labute approximate surface area is 205 Å². The average Bonchev–Trinajstić information content (AvgIpc) is 3.33. The molecular formula is C22H23F3N8O2S. The first kappa shape index (κ1) is 25.5. The van der Waals surface area contributed by atoms with Crippen molar-refractivity contribution in [2.75, 3.05) is 24.2 Å². The lowest BCUT2D eigenvalue weighted by Crippen LogP contribution is -2.43. The normalized spacial score (nSPS) is 15.6. The smallest absolute Gasteiger partial charge is 0.351 e. The second-order valence-electron chi connectivity index (χ2n) is 8.27. The van der Waals surface area contributed by atoms with Crippen molar-refractivity contribution >= 4 is 16.0 Å². The van der Waals surface area contributed by atoms with Crippen LogP contribution in [0.4, 0.5) is 19.1 Å². The second-order valence-corrected chi connectivity index (χ2v) is 10.5. The Morgan fingerprint density at radius 1 is 1.19 bits per heavy atom. The van der Waals surface area contributed by atoms with Crippen LogP contribution in [0.2, 0.25) is 0 Å². The first-order valence-electron chi connectivity index (χ1n) is 11.1. The molecule has 1 saturated heterocycles. The van der Waals surface area contributed by atoms with E-state index in [1.54, 1.807) is 26.0 Å². The predicted octanol–water partition coefficient (Wildman–Crippen LogP) is 3.15. The summed E-state index contributed by atoms with van der Waals surface area (Å²) < 4.78 is 68.2. The van der Waals surface area contributed by atoms with E-state index in [9.17, 15) is 26.9 Å². The van der Waals surface area contributed by atoms with Crippen molar-refractivity contribution in [2.45, 2.75) is 38.9 Å². The number of alkyl halides is 3. The van der Waals surface area contributed by atoms with Crippen molar-refractivity contribution in [3.8, 4) is 23.1 Å². The maximum absolute atomic E-state index is 13.8. The predicted molar refractivity (Wildman–Crippen MR) is 125 cm³/mol. The molecule has 0 saturated carbocycles. The van der Waals surface area contributed by atoms with Crippen LogP contribution in [-0.4, -0.2) is 62.1 Å². The molecule has 190 valence electrons. The van der Waals surface area contributed by atoms with Crippen LogP contribution in [0.1, 0.15) is 36.7 Å². The van der Waals surface area contributed by atoms with Gasteiger partial charge in [0.25, 0.3) is 0 Å². The van der Waals surface area contributed by atoms with Crippen molar-refractivity contribution in [2.24, 2.45) is 0 Å². The Kier molecular flexibility index (Phi) is 6.96. The number of hydrogen-bond acceptors (Lipinski definition) is 8. The van der Waals surface area contributed by atoms with Gasteiger partial charge in [-0.25, -0.2) is 32.7 Å².